The predicted molar refractivity (Wildman–Crippen MR) is 61.1 cm³/mol. The highest BCUT2D eigenvalue weighted by Gasteiger charge is 2.45. The van der Waals surface area contributed by atoms with Gasteiger partial charge in [0.2, 0.25) is 6.41 Å². The van der Waals surface area contributed by atoms with Gasteiger partial charge in [-0.15, -0.1) is 0 Å². The molecular weight excluding hydrogens is 224 g/mol. The van der Waals surface area contributed by atoms with Gasteiger partial charge in [-0.05, 0) is 34.6 Å². The van der Waals surface area contributed by atoms with E-state index in [9.17, 15) is 9.59 Å². The van der Waals surface area contributed by atoms with Gasteiger partial charge in [0.25, 0.3) is 0 Å². The van der Waals surface area contributed by atoms with Gasteiger partial charge >= 0.3 is 6.09 Å². The van der Waals surface area contributed by atoms with Gasteiger partial charge in [-0.1, -0.05) is 0 Å². The highest BCUT2D eigenvalue weighted by atomic mass is 16.6. The summed E-state index contributed by atoms with van der Waals surface area (Å²) >= 11 is 0. The number of carbonyl (C=O) groups is 2. The molecule has 0 saturated carbocycles. The maximum atomic E-state index is 12.0. The second-order valence-electron chi connectivity index (χ2n) is 5.41. The molecule has 0 aromatic heterocycles. The number of amides is 2. The summed E-state index contributed by atoms with van der Waals surface area (Å²) in [5.74, 6) is 0. The van der Waals surface area contributed by atoms with Crippen LogP contribution in [0.15, 0.2) is 0 Å². The first-order chi connectivity index (χ1) is 7.67. The molecule has 1 aliphatic rings. The number of hydrogen-bond acceptors (Lipinski definition) is 4. The van der Waals surface area contributed by atoms with Crippen LogP contribution in [-0.2, 0) is 14.3 Å². The number of carbonyl (C=O) groups excluding carboxylic acids is 2. The normalized spacial score (nSPS) is 23.4. The van der Waals surface area contributed by atoms with Gasteiger partial charge in [0.15, 0.2) is 0 Å². The minimum Gasteiger partial charge on any atom is -0.444 e. The molecule has 2 amide bonds. The van der Waals surface area contributed by atoms with Gasteiger partial charge in [-0.2, -0.15) is 0 Å². The first kappa shape index (κ1) is 13.8. The molecule has 98 valence electrons. The molecule has 1 heterocycles. The van der Waals surface area contributed by atoms with E-state index in [0.29, 0.717) is 6.41 Å². The summed E-state index contributed by atoms with van der Waals surface area (Å²) in [4.78, 5) is 23.9. The van der Waals surface area contributed by atoms with E-state index >= 15 is 0 Å². The molecule has 6 heteroatoms. The number of nitrogens with zero attached hydrogens (tertiary/aromatic N) is 1. The van der Waals surface area contributed by atoms with Crippen LogP contribution in [0.4, 0.5) is 4.79 Å². The summed E-state index contributed by atoms with van der Waals surface area (Å²) in [6.07, 6.45) is -0.441. The molecule has 0 unspecified atom stereocenters. The third-order valence-corrected chi connectivity index (χ3v) is 2.34. The van der Waals surface area contributed by atoms with Crippen molar-refractivity contribution in [3.8, 4) is 0 Å². The zero-order chi connectivity index (χ0) is 13.3. The van der Waals surface area contributed by atoms with Gasteiger partial charge in [-0.25, -0.2) is 4.79 Å². The SMILES string of the molecule is CC(C)(C)OC(=O)N1[C@@H](NC=O)COC1(C)C. The smallest absolute Gasteiger partial charge is 0.414 e. The van der Waals surface area contributed by atoms with Crippen molar-refractivity contribution >= 4 is 12.5 Å². The van der Waals surface area contributed by atoms with E-state index in [1.165, 1.54) is 4.90 Å². The Morgan fingerprint density at radius 3 is 2.59 bits per heavy atom. The molecule has 1 atom stereocenters. The van der Waals surface area contributed by atoms with Gasteiger partial charge < -0.3 is 14.8 Å². The predicted octanol–water partition coefficient (Wildman–Crippen LogP) is 1.06. The molecule has 1 fully saturated rings. The van der Waals surface area contributed by atoms with Crippen LogP contribution in [0.2, 0.25) is 0 Å². The first-order valence-corrected chi connectivity index (χ1v) is 5.53. The number of hydrogen-bond donors (Lipinski definition) is 1. The zero-order valence-corrected chi connectivity index (χ0v) is 10.9. The molecule has 1 N–H and O–H groups in total. The van der Waals surface area contributed by atoms with E-state index in [2.05, 4.69) is 5.32 Å². The lowest BCUT2D eigenvalue weighted by atomic mass is 10.2. The van der Waals surface area contributed by atoms with Crippen molar-refractivity contribution in [3.05, 3.63) is 0 Å². The lowest BCUT2D eigenvalue weighted by Gasteiger charge is -2.34. The Hall–Kier alpha value is -1.30. The Bertz CT molecular complexity index is 309. The molecule has 0 aromatic rings. The molecule has 0 radical (unpaired) electrons. The van der Waals surface area contributed by atoms with E-state index in [1.54, 1.807) is 34.6 Å². The standard InChI is InChI=1S/C11H20N2O4/c1-10(2,3)17-9(15)13-8(12-7-14)6-16-11(13,4)5/h7-8H,6H2,1-5H3,(H,12,14)/t8-/m1/s1. The Balaban J connectivity index is 2.82. The van der Waals surface area contributed by atoms with Gasteiger partial charge in [0.05, 0.1) is 6.61 Å². The molecule has 0 aliphatic carbocycles. The maximum absolute atomic E-state index is 12.0. The summed E-state index contributed by atoms with van der Waals surface area (Å²) in [6.45, 7) is 9.13. The molecule has 1 rings (SSSR count). The van der Waals surface area contributed by atoms with Crippen molar-refractivity contribution in [1.29, 1.82) is 0 Å². The lowest BCUT2D eigenvalue weighted by molar-refractivity contribution is -0.111. The van der Waals surface area contributed by atoms with Crippen molar-refractivity contribution in [2.75, 3.05) is 6.61 Å². The highest BCUT2D eigenvalue weighted by molar-refractivity contribution is 5.70. The van der Waals surface area contributed by atoms with Crippen LogP contribution >= 0.6 is 0 Å². The van der Waals surface area contributed by atoms with E-state index < -0.39 is 23.6 Å². The monoisotopic (exact) mass is 244 g/mol. The number of nitrogens with one attached hydrogen (secondary N) is 1. The molecule has 0 aromatic carbocycles. The molecule has 17 heavy (non-hydrogen) atoms. The summed E-state index contributed by atoms with van der Waals surface area (Å²) in [5, 5.41) is 2.54. The molecule has 1 saturated heterocycles. The van der Waals surface area contributed by atoms with Crippen LogP contribution in [0.5, 0.6) is 0 Å². The third kappa shape index (κ3) is 3.33. The fourth-order valence-electron chi connectivity index (χ4n) is 1.66. The van der Waals surface area contributed by atoms with E-state index in [1.807, 2.05) is 0 Å². The van der Waals surface area contributed by atoms with E-state index in [0.717, 1.165) is 0 Å². The van der Waals surface area contributed by atoms with Crippen molar-refractivity contribution in [2.45, 2.75) is 52.1 Å². The molecular formula is C11H20N2O4. The Kier molecular flexibility index (Phi) is 3.66. The van der Waals surface area contributed by atoms with Crippen molar-refractivity contribution in [3.63, 3.8) is 0 Å². The van der Waals surface area contributed by atoms with Gasteiger partial charge in [0, 0.05) is 0 Å². The van der Waals surface area contributed by atoms with Crippen LogP contribution in [0.1, 0.15) is 34.6 Å². The van der Waals surface area contributed by atoms with E-state index in [4.69, 9.17) is 9.47 Å². The van der Waals surface area contributed by atoms with Crippen LogP contribution in [0, 0.1) is 0 Å². The van der Waals surface area contributed by atoms with Gasteiger partial charge in [-0.3, -0.25) is 9.69 Å². The van der Waals surface area contributed by atoms with Crippen LogP contribution in [0.3, 0.4) is 0 Å². The fourth-order valence-corrected chi connectivity index (χ4v) is 1.66. The fraction of sp³-hybridized carbons (Fsp3) is 0.818. The number of rotatable bonds is 2. The average Bonchev–Trinajstić information content (AvgIpc) is 2.39. The van der Waals surface area contributed by atoms with Crippen molar-refractivity contribution < 1.29 is 19.1 Å². The molecule has 0 bridgehead atoms. The number of ether oxygens (including phenoxy) is 2. The van der Waals surface area contributed by atoms with E-state index in [-0.39, 0.29) is 6.61 Å². The minimum absolute atomic E-state index is 0.255. The quantitative estimate of drug-likeness (QED) is 0.737. The summed E-state index contributed by atoms with van der Waals surface area (Å²) in [6, 6.07) is 0. The van der Waals surface area contributed by atoms with Crippen LogP contribution in [-0.4, -0.2) is 41.5 Å². The Morgan fingerprint density at radius 1 is 1.53 bits per heavy atom. The van der Waals surface area contributed by atoms with Gasteiger partial charge in [0.1, 0.15) is 17.5 Å². The van der Waals surface area contributed by atoms with Crippen molar-refractivity contribution in [2.24, 2.45) is 0 Å². The molecule has 6 nitrogen and oxygen atoms in total. The second kappa shape index (κ2) is 4.52. The summed E-state index contributed by atoms with van der Waals surface area (Å²) in [7, 11) is 0. The summed E-state index contributed by atoms with van der Waals surface area (Å²) in [5.41, 5.74) is -1.37. The molecule has 0 spiro atoms. The average molecular weight is 244 g/mol. The van der Waals surface area contributed by atoms with Crippen molar-refractivity contribution in [1.82, 2.24) is 10.2 Å². The van der Waals surface area contributed by atoms with Crippen LogP contribution in [0.25, 0.3) is 0 Å². The minimum atomic E-state index is -0.789. The Morgan fingerprint density at radius 2 is 2.12 bits per heavy atom. The second-order valence-corrected chi connectivity index (χ2v) is 5.41. The summed E-state index contributed by atoms with van der Waals surface area (Å²) < 4.78 is 10.7. The highest BCUT2D eigenvalue weighted by Crippen LogP contribution is 2.27. The lowest BCUT2D eigenvalue weighted by Crippen LogP contribution is -2.54. The topological polar surface area (TPSA) is 67.9 Å². The largest absolute Gasteiger partial charge is 0.444 e. The zero-order valence-electron chi connectivity index (χ0n) is 10.9. The third-order valence-electron chi connectivity index (χ3n) is 2.34. The Labute approximate surface area is 101 Å². The maximum Gasteiger partial charge on any atom is 0.414 e. The van der Waals surface area contributed by atoms with Crippen LogP contribution < -0.4 is 5.32 Å². The first-order valence-electron chi connectivity index (χ1n) is 5.53. The molecule has 1 aliphatic heterocycles.